The van der Waals surface area contributed by atoms with Crippen LogP contribution in [0.15, 0.2) is 30.3 Å². The normalized spacial score (nSPS) is 14.0. The number of hydrogen-bond acceptors (Lipinski definition) is 2. The maximum atomic E-state index is 11.0. The molecule has 0 fully saturated rings. The van der Waals surface area contributed by atoms with Crippen molar-refractivity contribution in [2.75, 3.05) is 6.54 Å². The monoisotopic (exact) mass is 823 g/mol. The van der Waals surface area contributed by atoms with E-state index in [0.717, 1.165) is 24.9 Å². The Morgan fingerprint density at radius 2 is 1.57 bits per heavy atom. The van der Waals surface area contributed by atoms with Gasteiger partial charge in [-0.05, 0) is 101 Å². The summed E-state index contributed by atoms with van der Waals surface area (Å²) in [5.74, 6) is 1.06. The molecule has 2 aromatic carbocycles. The van der Waals surface area contributed by atoms with Crippen LogP contribution in [-0.4, -0.2) is 28.6 Å². The number of aromatic hydroxyl groups is 1. The highest BCUT2D eigenvalue weighted by Gasteiger charge is 2.24. The average Bonchev–Trinajstić information content (AvgIpc) is 2.67. The van der Waals surface area contributed by atoms with E-state index in [1.807, 2.05) is 6.07 Å². The lowest BCUT2D eigenvalue weighted by atomic mass is 9.82. The second kappa shape index (κ2) is 10.5. The molecule has 2 nitrogen and oxygen atoms in total. The van der Waals surface area contributed by atoms with Gasteiger partial charge in [-0.1, -0.05) is 45.0 Å². The van der Waals surface area contributed by atoms with Gasteiger partial charge in [0, 0.05) is 316 Å². The highest BCUT2D eigenvalue weighted by Crippen LogP contribution is 2.39. The molecule has 0 amide bonds. The van der Waals surface area contributed by atoms with Gasteiger partial charge in [-0.2, -0.15) is 0 Å². The first-order valence-corrected chi connectivity index (χ1v) is 11.7. The summed E-state index contributed by atoms with van der Waals surface area (Å²) in [6, 6.07) is 11.9. The van der Waals surface area contributed by atoms with Gasteiger partial charge in [0.2, 0.25) is 0 Å². The summed E-state index contributed by atoms with van der Waals surface area (Å²) in [7, 11) is 0. The van der Waals surface area contributed by atoms with Crippen LogP contribution in [0.2, 0.25) is 0 Å². The molecule has 2 atom stereocenters. The van der Waals surface area contributed by atoms with E-state index in [9.17, 15) is 5.11 Å². The number of aryl methyl sites for hydroxylation is 2. The molecular formula is C28H453NO. The third-order valence-electron chi connectivity index (χ3n) is 6.93. The molecule has 576 valence electrons. The fraction of sp³-hybridized carbons (Fsp3) is 0.571. The van der Waals surface area contributed by atoms with E-state index >= 15 is 0 Å². The van der Waals surface area contributed by atoms with Gasteiger partial charge in [0.1, 0.15) is 5.75 Å². The Morgan fingerprint density at radius 1 is 0.900 bits per heavy atom. The molecule has 0 aliphatic carbocycles. The fourth-order valence-electron chi connectivity index (χ4n) is 4.76. The Kier molecular flexibility index (Phi) is 8.55. The van der Waals surface area contributed by atoms with Crippen LogP contribution in [0.1, 0.15) is 392 Å². The van der Waals surface area contributed by atoms with Crippen molar-refractivity contribution < 1.29 is 298 Å². The summed E-state index contributed by atoms with van der Waals surface area (Å²) in [6.45, 7) is 21.2. The molecule has 0 aliphatic rings. The number of rotatable bonds is 9. The van der Waals surface area contributed by atoms with Crippen molar-refractivity contribution in [2.24, 2.45) is 0 Å². The molecule has 0 radical (unpaired) electrons. The smallest absolute Gasteiger partial charge is 0.119 e. The Labute approximate surface area is 489 Å². The first-order valence-electron chi connectivity index (χ1n) is 11.7. The largest absolute Gasteiger partial charge is 0.508 e. The van der Waals surface area contributed by atoms with Crippen molar-refractivity contribution in [2.45, 2.75) is 99.1 Å². The zero-order valence-electron chi connectivity index (χ0n) is 20.7. The first kappa shape index (κ1) is 24.5. The highest BCUT2D eigenvalue weighted by atomic mass is 16.3. The number of phenolic OH excluding ortho intramolecular Hbond substituents is 1. The van der Waals surface area contributed by atoms with Crippen LogP contribution < -0.4 is 0 Å². The number of phenols is 1. The molecule has 0 bridgehead atoms. The lowest BCUT2D eigenvalue weighted by Gasteiger charge is -2.34. The summed E-state index contributed by atoms with van der Waals surface area (Å²) >= 11 is 0. The molecule has 0 saturated carbocycles. The highest BCUT2D eigenvalue weighted by molar-refractivity contribution is 5.50. The summed E-state index contributed by atoms with van der Waals surface area (Å²) in [4.78, 5) is 2.60. The van der Waals surface area contributed by atoms with Crippen molar-refractivity contribution >= 4 is 0 Å². The molecule has 0 spiro atoms. The SMILES string of the molecule is CCC(C)N(CC[C@@H](c1cc(C(C)C)c(C)cc1O)c1cccc(C)c1C)C(C)C.[HH].[HH].[HH].[HH].[HH].[HH].[HH].[HH].[HH].[HH].[HH].[HH].[HH].[HH].[HH].[HH].[HH].[HH].[HH].[HH].[HH].[HH].[HH].[HH].[HH].[HH].[HH].[HH].[HH].[HH].[HH].[HH].[HH].[HH].[HH].[HH].[HH].[HH].[HH].[HH].[HH].[HH].[HH].[HH].[HH].[HH].[HH].[HH].[HH].[HH].[HH].[HH].[HH].[HH].[HH].[HH].[HH].[HH].[HH].[HH].[HH].[HH].[HH].[HH].[HH].[HH].[HH].[HH].[HH].[HH].[HH].[HH].[HH].[HH].[HH].[HH].[HH].[HH].[HH].[HH].[HH].[HH].[HH].[HH].[HH].[HH].[HH].[HH].[HH].[HH].[HH].[HH].[HH].[HH].[HH].[HH].[HH].[HH].[HH].[HH].[HH].[HH].[HH].[HH].[HH].[HH].[HH].[HH].[HH].[HH].[HH].[HH].[HH].[HH].[HH].[HH].[HH].[HH].[HH].[HH].[HH].[HH].[HH].[HH].[HH].[HH].[HH].[HH].[HH].[HH].[HH].[HH].[HH].[HH].[HH].[HH].[HH].[HH].[HH].[HH].[HH].[HH].[HH].[HH].[HH].[HH].[HH].[HH].[HH].[HH].[HH].[HH].[HH].[HH].[HH].[HH].[HH].[HH].[HH].[HH].[HH].[HH].[HH].[HH].[HH].[HH].[HH].[HH].[HH].[HH].[HH].[HH].[HH].[HH].[HH].[HH].[HH].[HH].[HH].[HH].[HH].[HH].[HH].[HH].[HH].[HH].[HH].[HH].[HH].[HH].[HH].[HH].[HH].[HH].[HH].[HH].[HH].[HH].[HH].[HH].[HH].[HH].[HH].[HH].[HH]. The summed E-state index contributed by atoms with van der Waals surface area (Å²) in [5, 5.41) is 11.0. The summed E-state index contributed by atoms with van der Waals surface area (Å²) in [6.07, 6.45) is 2.15. The van der Waals surface area contributed by atoms with E-state index in [2.05, 4.69) is 91.5 Å². The lowest BCUT2D eigenvalue weighted by Crippen LogP contribution is -2.39. The van der Waals surface area contributed by atoms with Gasteiger partial charge in [0.05, 0.1) is 0 Å². The molecule has 0 aliphatic heterocycles. The van der Waals surface area contributed by atoms with Crippen molar-refractivity contribution in [1.29, 1.82) is 0 Å². The predicted octanol–water partition coefficient (Wildman–Crippen LogP) is 57.9. The molecule has 2 heteroatoms. The van der Waals surface area contributed by atoms with Gasteiger partial charge in [-0.25, -0.2) is 0 Å². The molecular weight excluding hydrogens is 366 g/mol. The van der Waals surface area contributed by atoms with Gasteiger partial charge >= 0.3 is 0 Å². The Bertz CT molecular complexity index is 966. The van der Waals surface area contributed by atoms with Gasteiger partial charge in [-0.15, -0.1) is 0 Å². The molecule has 2 rings (SSSR count). The molecule has 1 N–H and O–H groups in total. The average molecular weight is 823 g/mol. The van der Waals surface area contributed by atoms with Crippen LogP contribution in [0, 0.1) is 20.8 Å². The first-order chi connectivity index (χ1) is 14.1. The Balaban J connectivity index is -0.000000000232. The molecule has 1 unspecified atom stereocenters. The maximum absolute atomic E-state index is 11.0. The molecule has 30 heavy (non-hydrogen) atoms. The molecule has 0 saturated heterocycles. The van der Waals surface area contributed by atoms with Gasteiger partial charge in [-0.3, -0.25) is 4.90 Å². The number of hydrogen-bond donors (Lipinski definition) is 1. The van der Waals surface area contributed by atoms with Gasteiger partial charge in [0.15, 0.2) is 0 Å². The van der Waals surface area contributed by atoms with Crippen LogP contribution in [-0.2, 0) is 0 Å². The minimum Gasteiger partial charge on any atom is -0.508 e. The summed E-state index contributed by atoms with van der Waals surface area (Å²) in [5.41, 5.74) is 7.58. The minimum absolute atomic E-state index is 0. The van der Waals surface area contributed by atoms with Crippen LogP contribution in [0.5, 0.6) is 5.75 Å². The van der Waals surface area contributed by atoms with Crippen molar-refractivity contribution in [3.63, 3.8) is 0 Å². The van der Waals surface area contributed by atoms with Crippen LogP contribution in [0.25, 0.3) is 0 Å². The third kappa shape index (κ3) is 5.46. The van der Waals surface area contributed by atoms with Crippen molar-refractivity contribution in [3.8, 4) is 5.75 Å². The van der Waals surface area contributed by atoms with E-state index in [0.29, 0.717) is 23.8 Å². The van der Waals surface area contributed by atoms with Crippen LogP contribution in [0.3, 0.4) is 0 Å². The van der Waals surface area contributed by atoms with Crippen LogP contribution >= 0.6 is 0 Å². The van der Waals surface area contributed by atoms with E-state index in [-0.39, 0.29) is 298 Å². The molecule has 0 aromatic heterocycles. The van der Waals surface area contributed by atoms with Crippen molar-refractivity contribution in [1.82, 2.24) is 4.90 Å². The standard InChI is InChI=1S/C28H43NO.205H2/c1-10-22(8)29(19(4)5)15-14-25(24-13-11-12-20(6)23(24)9)27-17-26(18(2)3)21(7)16-28(27)30;;;;;;;;;;;;;;;;;;;;;;;;;;;;;;;;;;;;;;;;;;;;;;;;;;;;;;;;;;;;;;;;;;;;;;;;;;;;;;;;;;;;;;;;;;;;;;;;;;;;;;;;;;;;;;;;;;;;;;;;;;;;;;;;;;;;;;;;;;;;;;;;;;;;;;;;;;;;;;;;;;;;;;;;;;;;;;;;;;;;;;;;;;;;;;;;;;;;;;;;;;;;;/h11-13,16-19,22,25,30H,10,14-15H2,1-9H3;205*1H/t22?,25-;;;;;;;;;;;;;;;;;;;;;;;;;;;;;;;;;;;;;;;;;;;;;;;;;;;;;;;;;;;;;;;;;;;;;;;;;;;;;;;;;;;;;;;;;;;;;;;;;;;;;;;;;;;;;;;;;;;;;;;;;;;;;;;;;;;;;;;;;;;;;;;;;;;;;;;;;;;;;;;;;;;;;;;;;;;;;;;;;;;;;;;;;;;;;;;;;;;;;;;;;;;;;/m1............................................................................................................................................................................................................./s1. The Hall–Kier alpha value is -1.80. The van der Waals surface area contributed by atoms with E-state index in [1.165, 1.54) is 27.8 Å². The quantitative estimate of drug-likeness (QED) is 0.272. The predicted molar refractivity (Wildman–Crippen MR) is 564 cm³/mol. The zero-order valence-corrected chi connectivity index (χ0v) is 20.7. The van der Waals surface area contributed by atoms with Gasteiger partial charge in [0.25, 0.3) is 0 Å². The second-order valence-corrected chi connectivity index (χ2v) is 9.64. The van der Waals surface area contributed by atoms with E-state index in [4.69, 9.17) is 0 Å². The second-order valence-electron chi connectivity index (χ2n) is 9.64. The Morgan fingerprint density at radius 3 is 2.13 bits per heavy atom. The van der Waals surface area contributed by atoms with E-state index in [1.54, 1.807) is 0 Å². The lowest BCUT2D eigenvalue weighted by molar-refractivity contribution is 0.156. The maximum Gasteiger partial charge on any atom is 0.119 e. The summed E-state index contributed by atoms with van der Waals surface area (Å²) < 4.78 is 0. The molecule has 2 aromatic rings. The fourth-order valence-corrected chi connectivity index (χ4v) is 4.76. The third-order valence-corrected chi connectivity index (χ3v) is 6.93. The number of nitrogens with zero attached hydrogens (tertiary/aromatic N) is 1. The minimum atomic E-state index is 0. The molecule has 0 heterocycles. The zero-order chi connectivity index (χ0) is 22.6. The van der Waals surface area contributed by atoms with E-state index < -0.39 is 0 Å². The van der Waals surface area contributed by atoms with Gasteiger partial charge < -0.3 is 5.11 Å². The van der Waals surface area contributed by atoms with Crippen LogP contribution in [0.4, 0.5) is 0 Å². The number of benzene rings is 2. The van der Waals surface area contributed by atoms with Crippen molar-refractivity contribution in [3.05, 3.63) is 63.7 Å². The topological polar surface area (TPSA) is 23.5 Å².